The maximum Gasteiger partial charge on any atom is 0.129 e. The van der Waals surface area contributed by atoms with E-state index in [1.165, 1.54) is 6.92 Å². The zero-order valence-electron chi connectivity index (χ0n) is 5.39. The van der Waals surface area contributed by atoms with Gasteiger partial charge in [0, 0.05) is 18.3 Å². The molecule has 1 N–H and O–H groups in total. The van der Waals surface area contributed by atoms with Gasteiger partial charge in [0.1, 0.15) is 5.78 Å². The number of rotatable bonds is 5. The molecule has 0 aromatic rings. The van der Waals surface area contributed by atoms with Crippen molar-refractivity contribution in [1.82, 2.24) is 5.43 Å². The SMILES string of the molecule is CC(=O)CCCNN=O. The van der Waals surface area contributed by atoms with Crippen molar-refractivity contribution in [1.29, 1.82) is 0 Å². The zero-order chi connectivity index (χ0) is 7.11. The molecule has 4 nitrogen and oxygen atoms in total. The van der Waals surface area contributed by atoms with E-state index in [2.05, 4.69) is 10.7 Å². The van der Waals surface area contributed by atoms with Crippen LogP contribution >= 0.6 is 0 Å². The van der Waals surface area contributed by atoms with Gasteiger partial charge in [-0.1, -0.05) is 0 Å². The minimum Gasteiger partial charge on any atom is -0.300 e. The maximum atomic E-state index is 10.3. The molecule has 0 aromatic carbocycles. The van der Waals surface area contributed by atoms with Crippen LogP contribution < -0.4 is 5.43 Å². The van der Waals surface area contributed by atoms with Crippen molar-refractivity contribution in [2.75, 3.05) is 6.54 Å². The second kappa shape index (κ2) is 5.21. The van der Waals surface area contributed by atoms with Crippen LogP contribution in [0, 0.1) is 4.91 Å². The molecule has 0 fully saturated rings. The van der Waals surface area contributed by atoms with Crippen molar-refractivity contribution >= 4 is 5.78 Å². The summed E-state index contributed by atoms with van der Waals surface area (Å²) in [6.07, 6.45) is 1.20. The van der Waals surface area contributed by atoms with Crippen LogP contribution in [0.2, 0.25) is 0 Å². The molecular weight excluding hydrogens is 120 g/mol. The summed E-state index contributed by atoms with van der Waals surface area (Å²) in [6.45, 7) is 2.01. The van der Waals surface area contributed by atoms with Crippen molar-refractivity contribution in [3.8, 4) is 0 Å². The van der Waals surface area contributed by atoms with Crippen LogP contribution in [-0.4, -0.2) is 12.3 Å². The molecule has 0 radical (unpaired) electrons. The van der Waals surface area contributed by atoms with Gasteiger partial charge >= 0.3 is 0 Å². The molecule has 0 atom stereocenters. The van der Waals surface area contributed by atoms with E-state index in [1.807, 2.05) is 0 Å². The number of nitrogens with one attached hydrogen (secondary N) is 1. The van der Waals surface area contributed by atoms with Crippen LogP contribution in [0.4, 0.5) is 0 Å². The van der Waals surface area contributed by atoms with Crippen LogP contribution in [-0.2, 0) is 4.79 Å². The fourth-order valence-electron chi connectivity index (χ4n) is 0.462. The number of hydrogen-bond acceptors (Lipinski definition) is 3. The predicted molar refractivity (Wildman–Crippen MR) is 33.7 cm³/mol. The van der Waals surface area contributed by atoms with Gasteiger partial charge in [-0.15, -0.1) is 4.91 Å². The Morgan fingerprint density at radius 3 is 2.78 bits per heavy atom. The lowest BCUT2D eigenvalue weighted by atomic mass is 10.2. The first-order chi connectivity index (χ1) is 4.27. The number of ketones is 1. The number of nitroso groups, excluding NO2 is 1. The maximum absolute atomic E-state index is 10.3. The molecule has 9 heavy (non-hydrogen) atoms. The van der Waals surface area contributed by atoms with Crippen molar-refractivity contribution in [3.05, 3.63) is 4.91 Å². The summed E-state index contributed by atoms with van der Waals surface area (Å²) in [4.78, 5) is 19.7. The lowest BCUT2D eigenvalue weighted by Gasteiger charge is -1.92. The Morgan fingerprint density at radius 2 is 2.33 bits per heavy atom. The van der Waals surface area contributed by atoms with Crippen LogP contribution in [0.1, 0.15) is 19.8 Å². The Balaban J connectivity index is 2.91. The summed E-state index contributed by atoms with van der Waals surface area (Å²) in [5.74, 6) is 0.141. The number of carbonyl (C=O) groups excluding carboxylic acids is 1. The highest BCUT2D eigenvalue weighted by Gasteiger charge is 1.90. The van der Waals surface area contributed by atoms with E-state index in [4.69, 9.17) is 0 Å². The van der Waals surface area contributed by atoms with Crippen molar-refractivity contribution < 1.29 is 4.79 Å². The molecule has 0 saturated carbocycles. The van der Waals surface area contributed by atoms with E-state index in [-0.39, 0.29) is 5.78 Å². The Labute approximate surface area is 53.6 Å². The summed E-state index contributed by atoms with van der Waals surface area (Å²) >= 11 is 0. The molecule has 0 amide bonds. The minimum atomic E-state index is 0.141. The van der Waals surface area contributed by atoms with E-state index in [0.717, 1.165) is 0 Å². The van der Waals surface area contributed by atoms with Crippen LogP contribution in [0.25, 0.3) is 0 Å². The average molecular weight is 130 g/mol. The number of Topliss-reactive ketones (excluding diaryl/α,β-unsaturated/α-hetero) is 1. The van der Waals surface area contributed by atoms with Crippen LogP contribution in [0.3, 0.4) is 0 Å². The van der Waals surface area contributed by atoms with E-state index in [9.17, 15) is 9.70 Å². The predicted octanol–water partition coefficient (Wildman–Crippen LogP) is 0.627. The van der Waals surface area contributed by atoms with Gasteiger partial charge in [0.2, 0.25) is 0 Å². The van der Waals surface area contributed by atoms with Gasteiger partial charge < -0.3 is 4.79 Å². The lowest BCUT2D eigenvalue weighted by molar-refractivity contribution is -0.117. The Bertz CT molecular complexity index is 103. The smallest absolute Gasteiger partial charge is 0.129 e. The summed E-state index contributed by atoms with van der Waals surface area (Å²) in [7, 11) is 0. The summed E-state index contributed by atoms with van der Waals surface area (Å²) < 4.78 is 0. The molecule has 0 aromatic heterocycles. The zero-order valence-corrected chi connectivity index (χ0v) is 5.39. The summed E-state index contributed by atoms with van der Waals surface area (Å²) in [5, 5.41) is 2.42. The van der Waals surface area contributed by atoms with E-state index >= 15 is 0 Å². The van der Waals surface area contributed by atoms with Crippen molar-refractivity contribution in [3.63, 3.8) is 0 Å². The Morgan fingerprint density at radius 1 is 1.67 bits per heavy atom. The Kier molecular flexibility index (Phi) is 4.67. The largest absolute Gasteiger partial charge is 0.300 e. The normalized spacial score (nSPS) is 8.56. The molecule has 0 unspecified atom stereocenters. The van der Waals surface area contributed by atoms with Crippen molar-refractivity contribution in [2.45, 2.75) is 19.8 Å². The molecule has 4 heteroatoms. The molecule has 0 saturated heterocycles. The van der Waals surface area contributed by atoms with Crippen LogP contribution in [0.5, 0.6) is 0 Å². The van der Waals surface area contributed by atoms with E-state index in [1.54, 1.807) is 0 Å². The summed E-state index contributed by atoms with van der Waals surface area (Å²) in [6, 6.07) is 0. The lowest BCUT2D eigenvalue weighted by Crippen LogP contribution is -2.07. The minimum absolute atomic E-state index is 0.141. The molecule has 52 valence electrons. The highest BCUT2D eigenvalue weighted by atomic mass is 16.3. The third-order valence-electron chi connectivity index (χ3n) is 0.882. The number of carbonyl (C=O) groups is 1. The topological polar surface area (TPSA) is 58.5 Å². The third-order valence-corrected chi connectivity index (χ3v) is 0.882. The Hall–Kier alpha value is -0.930. The first kappa shape index (κ1) is 8.07. The monoisotopic (exact) mass is 130 g/mol. The van der Waals surface area contributed by atoms with Gasteiger partial charge in [-0.2, -0.15) is 0 Å². The number of hydrogen-bond donors (Lipinski definition) is 1. The van der Waals surface area contributed by atoms with Gasteiger partial charge in [0.15, 0.2) is 0 Å². The van der Waals surface area contributed by atoms with Gasteiger partial charge in [-0.05, 0) is 13.3 Å². The highest BCUT2D eigenvalue weighted by Crippen LogP contribution is 1.86. The molecule has 0 spiro atoms. The molecular formula is C5H10N2O2. The second-order valence-corrected chi connectivity index (χ2v) is 1.80. The molecule has 0 aliphatic rings. The van der Waals surface area contributed by atoms with Crippen molar-refractivity contribution in [2.24, 2.45) is 5.29 Å². The fraction of sp³-hybridized carbons (Fsp3) is 0.800. The molecule has 0 aliphatic heterocycles. The van der Waals surface area contributed by atoms with Gasteiger partial charge in [-0.3, -0.25) is 5.43 Å². The third kappa shape index (κ3) is 7.07. The quantitative estimate of drug-likeness (QED) is 0.337. The van der Waals surface area contributed by atoms with Gasteiger partial charge in [-0.25, -0.2) is 0 Å². The fourth-order valence-corrected chi connectivity index (χ4v) is 0.462. The second-order valence-electron chi connectivity index (χ2n) is 1.80. The molecule has 0 bridgehead atoms. The molecule has 0 aliphatic carbocycles. The summed E-state index contributed by atoms with van der Waals surface area (Å²) in [5.41, 5.74) is 2.22. The molecule has 0 heterocycles. The van der Waals surface area contributed by atoms with Gasteiger partial charge in [0.05, 0.1) is 0 Å². The average Bonchev–Trinajstić information content (AvgIpc) is 1.80. The first-order valence-corrected chi connectivity index (χ1v) is 2.82. The van der Waals surface area contributed by atoms with E-state index < -0.39 is 0 Å². The van der Waals surface area contributed by atoms with Gasteiger partial charge in [0.25, 0.3) is 0 Å². The molecule has 0 rings (SSSR count). The number of nitrogens with zero attached hydrogens (tertiary/aromatic N) is 1. The van der Waals surface area contributed by atoms with Crippen LogP contribution in [0.15, 0.2) is 5.29 Å². The standard InChI is InChI=1S/C5H10N2O2/c1-5(8)3-2-4-6-7-9/h2-4H2,1H3,(H,6,9). The highest BCUT2D eigenvalue weighted by molar-refractivity contribution is 5.75. The first-order valence-electron chi connectivity index (χ1n) is 2.82. The van der Waals surface area contributed by atoms with E-state index in [0.29, 0.717) is 19.4 Å².